The second-order valence-electron chi connectivity index (χ2n) is 16.0. The summed E-state index contributed by atoms with van der Waals surface area (Å²) in [5, 5.41) is 0.405. The molecule has 3 fully saturated rings. The molecule has 4 heterocycles. The van der Waals surface area contributed by atoms with Gasteiger partial charge in [0, 0.05) is 29.6 Å². The molecule has 0 unspecified atom stereocenters. The molecule has 14 heteroatoms. The van der Waals surface area contributed by atoms with E-state index >= 15 is 0 Å². The number of para-hydroxylation sites is 1. The summed E-state index contributed by atoms with van der Waals surface area (Å²) in [5.41, 5.74) is 7.93. The quantitative estimate of drug-likeness (QED) is 0.104. The van der Waals surface area contributed by atoms with Crippen molar-refractivity contribution in [2.45, 2.75) is 115 Å². The Morgan fingerprint density at radius 3 is 2.54 bits per heavy atom. The molecule has 3 aliphatic rings. The third-order valence-electron chi connectivity index (χ3n) is 10.6. The van der Waals surface area contributed by atoms with Crippen molar-refractivity contribution in [3.63, 3.8) is 0 Å². The van der Waals surface area contributed by atoms with Crippen molar-refractivity contribution in [1.82, 2.24) is 19.6 Å². The van der Waals surface area contributed by atoms with Crippen LogP contribution in [-0.2, 0) is 29.8 Å². The predicted octanol–water partition coefficient (Wildman–Crippen LogP) is 6.22. The number of benzene rings is 1. The first-order chi connectivity index (χ1) is 25.7. The summed E-state index contributed by atoms with van der Waals surface area (Å²) in [5.74, 6) is 0.841. The highest BCUT2D eigenvalue weighted by Gasteiger charge is 2.45. The number of unbranched alkanes of at least 4 members (excludes halogenated alkanes) is 4. The van der Waals surface area contributed by atoms with Crippen LogP contribution >= 0.6 is 0 Å². The number of allylic oxidation sites excluding steroid dienone is 2. The van der Waals surface area contributed by atoms with Crippen LogP contribution in [0, 0.1) is 18.8 Å². The average Bonchev–Trinajstić information content (AvgIpc) is 4.00. The Kier molecular flexibility index (Phi) is 10.3. The van der Waals surface area contributed by atoms with Gasteiger partial charge in [0.05, 0.1) is 17.4 Å². The zero-order chi connectivity index (χ0) is 38.4. The molecule has 0 spiro atoms. The highest BCUT2D eigenvalue weighted by atomic mass is 32.2. The van der Waals surface area contributed by atoms with Gasteiger partial charge in [-0.05, 0) is 69.6 Å². The summed E-state index contributed by atoms with van der Waals surface area (Å²) in [6, 6.07) is 8.74. The van der Waals surface area contributed by atoms with Crippen LogP contribution in [0.5, 0.6) is 5.88 Å². The Hall–Kier alpha value is -4.72. The minimum Gasteiger partial charge on any atom is -0.470 e. The molecule has 4 atom stereocenters. The molecular formula is C40H49N5O8S. The Morgan fingerprint density at radius 1 is 1.06 bits per heavy atom. The fourth-order valence-corrected chi connectivity index (χ4v) is 8.49. The number of primary amides is 1. The van der Waals surface area contributed by atoms with Gasteiger partial charge in [-0.25, -0.2) is 13.4 Å². The fourth-order valence-electron chi connectivity index (χ4n) is 7.14. The normalized spacial score (nSPS) is 21.7. The van der Waals surface area contributed by atoms with Gasteiger partial charge in [0.1, 0.15) is 34.8 Å². The Bertz CT molecular complexity index is 2210. The zero-order valence-corrected chi connectivity index (χ0v) is 32.1. The first-order valence-corrected chi connectivity index (χ1v) is 20.5. The molecule has 3 amide bonds. The number of rotatable bonds is 15. The highest BCUT2D eigenvalue weighted by Crippen LogP contribution is 2.41. The van der Waals surface area contributed by atoms with Gasteiger partial charge in [-0.2, -0.15) is 4.98 Å². The van der Waals surface area contributed by atoms with Gasteiger partial charge in [0.25, 0.3) is 5.88 Å². The molecule has 288 valence electrons. The number of ether oxygens (including phenoxy) is 1. The second-order valence-corrected chi connectivity index (χ2v) is 18.0. The van der Waals surface area contributed by atoms with Crippen LogP contribution in [-0.4, -0.2) is 64.9 Å². The molecule has 13 nitrogen and oxygen atoms in total. The smallest absolute Gasteiger partial charge is 0.262 e. The standard InChI is InChI=1S/C40H49N5O8S/c1-23-28(21-32(51-23)40(2,3)4)37-42-34-27-14-11-12-15-31(27)53-35(34)39(43-37)52-25-20-30(36(41)47)45(22-25)33(46)16-10-8-6-5-7-9-13-24-19-29(24)38(48)44-54(49,50)26-17-18-26/h9,11-15,21,24-26,29-30H,5-8,10,16-20,22H2,1-4H3,(H2,41,47)(H,44,48)/b13-9-/t24-,25-,29+,30+/m1/s1. The van der Waals surface area contributed by atoms with Crippen molar-refractivity contribution in [3.05, 3.63) is 54.0 Å². The molecule has 3 N–H and O–H groups in total. The molecular weight excluding hydrogens is 711 g/mol. The Balaban J connectivity index is 0.935. The summed E-state index contributed by atoms with van der Waals surface area (Å²) in [6.45, 7) is 8.28. The molecule has 1 aromatic carbocycles. The van der Waals surface area contributed by atoms with Crippen molar-refractivity contribution < 1.29 is 36.4 Å². The fraction of sp³-hybridized carbons (Fsp3) is 0.525. The van der Waals surface area contributed by atoms with E-state index < -0.39 is 39.2 Å². The minimum absolute atomic E-state index is 0.0897. The van der Waals surface area contributed by atoms with Crippen LogP contribution in [0.3, 0.4) is 0 Å². The lowest BCUT2D eigenvalue weighted by molar-refractivity contribution is -0.137. The molecule has 2 aliphatic carbocycles. The van der Waals surface area contributed by atoms with E-state index in [-0.39, 0.29) is 48.4 Å². The van der Waals surface area contributed by atoms with E-state index in [9.17, 15) is 22.8 Å². The maximum Gasteiger partial charge on any atom is 0.262 e. The number of carbonyl (C=O) groups is 3. The van der Waals surface area contributed by atoms with Gasteiger partial charge in [0.15, 0.2) is 5.82 Å². The lowest BCUT2D eigenvalue weighted by Crippen LogP contribution is -2.43. The molecule has 0 radical (unpaired) electrons. The first kappa shape index (κ1) is 37.6. The second kappa shape index (κ2) is 14.8. The number of amides is 3. The number of sulfonamides is 1. The van der Waals surface area contributed by atoms with E-state index in [0.29, 0.717) is 54.0 Å². The highest BCUT2D eigenvalue weighted by molar-refractivity contribution is 7.90. The number of hydrogen-bond acceptors (Lipinski definition) is 10. The maximum absolute atomic E-state index is 13.4. The van der Waals surface area contributed by atoms with Crippen molar-refractivity contribution >= 4 is 49.8 Å². The van der Waals surface area contributed by atoms with Gasteiger partial charge in [-0.1, -0.05) is 57.9 Å². The number of hydrogen-bond donors (Lipinski definition) is 2. The number of fused-ring (bicyclic) bond motifs is 3. The summed E-state index contributed by atoms with van der Waals surface area (Å²) in [4.78, 5) is 49.4. The third-order valence-corrected chi connectivity index (χ3v) is 12.4. The van der Waals surface area contributed by atoms with E-state index in [0.717, 1.165) is 42.4 Å². The number of nitrogens with one attached hydrogen (secondary N) is 1. The minimum atomic E-state index is -3.50. The molecule has 1 saturated heterocycles. The molecule has 2 saturated carbocycles. The van der Waals surface area contributed by atoms with Gasteiger partial charge < -0.3 is 24.2 Å². The topological polar surface area (TPSA) is 188 Å². The maximum atomic E-state index is 13.4. The van der Waals surface area contributed by atoms with Gasteiger partial charge in [-0.3, -0.25) is 19.1 Å². The molecule has 3 aromatic heterocycles. The Morgan fingerprint density at radius 2 is 1.81 bits per heavy atom. The van der Waals surface area contributed by atoms with Crippen molar-refractivity contribution in [2.24, 2.45) is 17.6 Å². The molecule has 54 heavy (non-hydrogen) atoms. The first-order valence-electron chi connectivity index (χ1n) is 19.0. The summed E-state index contributed by atoms with van der Waals surface area (Å²) < 4.78 is 45.0. The summed E-state index contributed by atoms with van der Waals surface area (Å²) in [7, 11) is -3.50. The van der Waals surface area contributed by atoms with Gasteiger partial charge in [0.2, 0.25) is 33.3 Å². The monoisotopic (exact) mass is 759 g/mol. The number of carbonyl (C=O) groups excluding carboxylic acids is 3. The van der Waals surface area contributed by atoms with E-state index in [1.165, 1.54) is 4.90 Å². The number of likely N-dealkylation sites (tertiary alicyclic amines) is 1. The van der Waals surface area contributed by atoms with Crippen LogP contribution in [0.15, 0.2) is 51.3 Å². The van der Waals surface area contributed by atoms with Crippen molar-refractivity contribution in [1.29, 1.82) is 0 Å². The zero-order valence-electron chi connectivity index (χ0n) is 31.3. The van der Waals surface area contributed by atoms with Crippen LogP contribution in [0.25, 0.3) is 33.5 Å². The third kappa shape index (κ3) is 8.18. The largest absolute Gasteiger partial charge is 0.470 e. The van der Waals surface area contributed by atoms with Crippen LogP contribution in [0.2, 0.25) is 0 Å². The van der Waals surface area contributed by atoms with E-state index in [1.54, 1.807) is 0 Å². The number of aryl methyl sites for hydroxylation is 1. The van der Waals surface area contributed by atoms with Gasteiger partial charge >= 0.3 is 0 Å². The van der Waals surface area contributed by atoms with E-state index in [1.807, 2.05) is 43.3 Å². The molecule has 7 rings (SSSR count). The summed E-state index contributed by atoms with van der Waals surface area (Å²) in [6.07, 6.45) is 10.2. The number of nitrogens with zero attached hydrogens (tertiary/aromatic N) is 3. The van der Waals surface area contributed by atoms with Crippen LogP contribution in [0.4, 0.5) is 0 Å². The lowest BCUT2D eigenvalue weighted by Gasteiger charge is -2.21. The summed E-state index contributed by atoms with van der Waals surface area (Å²) >= 11 is 0. The van der Waals surface area contributed by atoms with E-state index in [2.05, 4.69) is 31.6 Å². The van der Waals surface area contributed by atoms with Gasteiger partial charge in [-0.15, -0.1) is 0 Å². The predicted molar refractivity (Wildman–Crippen MR) is 203 cm³/mol. The molecule has 1 aliphatic heterocycles. The number of furan rings is 2. The van der Waals surface area contributed by atoms with Crippen LogP contribution in [0.1, 0.15) is 96.5 Å². The number of aromatic nitrogens is 2. The SMILES string of the molecule is Cc1oc(C(C)(C)C)cc1-c1nc(O[C@@H]2C[C@@H](C(N)=O)N(C(=O)CCCCCC/C=C\[C@@H]3C[C@@H]3C(=O)NS(=O)(=O)C3CC3)C2)c2oc3ccccc3c2n1. The van der Waals surface area contributed by atoms with Crippen molar-refractivity contribution in [2.75, 3.05) is 6.54 Å². The molecule has 4 aromatic rings. The van der Waals surface area contributed by atoms with Crippen molar-refractivity contribution in [3.8, 4) is 17.3 Å². The lowest BCUT2D eigenvalue weighted by atomic mass is 9.93. The average molecular weight is 760 g/mol. The Labute approximate surface area is 315 Å². The van der Waals surface area contributed by atoms with E-state index in [4.69, 9.17) is 29.3 Å². The van der Waals surface area contributed by atoms with Crippen LogP contribution < -0.4 is 15.2 Å². The number of nitrogens with two attached hydrogens (primary N) is 1. The molecule has 0 bridgehead atoms.